The second-order valence-electron chi connectivity index (χ2n) is 9.16. The molecule has 0 saturated carbocycles. The average Bonchev–Trinajstić information content (AvgIpc) is 3.43. The molecular weight excluding hydrogens is 584 g/mol. The molecule has 0 aliphatic carbocycles. The lowest BCUT2D eigenvalue weighted by Gasteiger charge is -2.31. The fraction of sp³-hybridized carbons (Fsp3) is 0.321. The summed E-state index contributed by atoms with van der Waals surface area (Å²) in [7, 11) is 0. The Morgan fingerprint density at radius 2 is 1.79 bits per heavy atom. The summed E-state index contributed by atoms with van der Waals surface area (Å²) in [6, 6.07) is 8.48. The molecular formula is C28H27F6N5O4. The monoisotopic (exact) mass is 611 g/mol. The minimum atomic E-state index is -5.12. The van der Waals surface area contributed by atoms with E-state index in [0.29, 0.717) is 11.6 Å². The SMILES string of the molecule is C=CCCN(Cc1nc(-c2nnc(C(CC=C)(OCc3ccccc3)C(F)(F)F)o2)c(NC=O)cc1C(F)(F)F)C(C)=O. The maximum Gasteiger partial charge on any atom is 0.426 e. The molecule has 3 rings (SSSR count). The number of hydrogen-bond donors (Lipinski definition) is 1. The number of anilines is 1. The molecule has 15 heteroatoms. The molecule has 230 valence electrons. The molecule has 9 nitrogen and oxygen atoms in total. The molecule has 1 unspecified atom stereocenters. The summed E-state index contributed by atoms with van der Waals surface area (Å²) in [6.07, 6.45) is -8.24. The minimum absolute atomic E-state index is 0.0145. The van der Waals surface area contributed by atoms with E-state index in [-0.39, 0.29) is 19.4 Å². The summed E-state index contributed by atoms with van der Waals surface area (Å²) < 4.78 is 96.6. The van der Waals surface area contributed by atoms with Crippen LogP contribution in [0.3, 0.4) is 0 Å². The van der Waals surface area contributed by atoms with Crippen molar-refractivity contribution in [3.05, 3.63) is 84.4 Å². The van der Waals surface area contributed by atoms with Crippen molar-refractivity contribution in [2.24, 2.45) is 0 Å². The van der Waals surface area contributed by atoms with Crippen LogP contribution in [0, 0.1) is 0 Å². The van der Waals surface area contributed by atoms with Gasteiger partial charge in [-0.05, 0) is 18.1 Å². The van der Waals surface area contributed by atoms with Gasteiger partial charge in [-0.15, -0.1) is 23.4 Å². The van der Waals surface area contributed by atoms with Gasteiger partial charge in [0.2, 0.25) is 17.9 Å². The third kappa shape index (κ3) is 7.66. The van der Waals surface area contributed by atoms with Gasteiger partial charge in [-0.25, -0.2) is 4.98 Å². The van der Waals surface area contributed by atoms with Gasteiger partial charge >= 0.3 is 12.4 Å². The van der Waals surface area contributed by atoms with Gasteiger partial charge in [0.15, 0.2) is 5.69 Å². The molecule has 0 radical (unpaired) electrons. The zero-order valence-electron chi connectivity index (χ0n) is 22.8. The number of rotatable bonds is 14. The van der Waals surface area contributed by atoms with E-state index in [4.69, 9.17) is 9.15 Å². The van der Waals surface area contributed by atoms with Crippen LogP contribution < -0.4 is 5.32 Å². The first-order valence-electron chi connectivity index (χ1n) is 12.6. The Balaban J connectivity index is 2.18. The number of halogens is 6. The van der Waals surface area contributed by atoms with E-state index < -0.39 is 77.9 Å². The number of hydrogen-bond acceptors (Lipinski definition) is 7. The Labute approximate surface area is 242 Å². The van der Waals surface area contributed by atoms with Gasteiger partial charge in [-0.3, -0.25) is 9.59 Å². The molecule has 0 aliphatic rings. The predicted molar refractivity (Wildman–Crippen MR) is 142 cm³/mol. The number of ether oxygens (including phenoxy) is 1. The van der Waals surface area contributed by atoms with Crippen molar-refractivity contribution < 1.29 is 45.1 Å². The normalized spacial score (nSPS) is 13.2. The van der Waals surface area contributed by atoms with Gasteiger partial charge in [0.25, 0.3) is 11.8 Å². The quantitative estimate of drug-likeness (QED) is 0.131. The van der Waals surface area contributed by atoms with Crippen molar-refractivity contribution in [1.29, 1.82) is 0 Å². The molecule has 2 amide bonds. The molecule has 0 spiro atoms. The van der Waals surface area contributed by atoms with Crippen LogP contribution in [0.4, 0.5) is 32.0 Å². The Kier molecular flexibility index (Phi) is 10.5. The molecule has 0 fully saturated rings. The molecule has 1 aromatic carbocycles. The van der Waals surface area contributed by atoms with Crippen molar-refractivity contribution in [3.8, 4) is 11.6 Å². The van der Waals surface area contributed by atoms with Crippen LogP contribution in [0.25, 0.3) is 11.6 Å². The van der Waals surface area contributed by atoms with Crippen LogP contribution in [-0.4, -0.2) is 45.1 Å². The number of carbonyl (C=O) groups excluding carboxylic acids is 2. The van der Waals surface area contributed by atoms with Crippen molar-refractivity contribution in [2.75, 3.05) is 11.9 Å². The van der Waals surface area contributed by atoms with E-state index in [2.05, 4.69) is 28.3 Å². The number of nitrogens with one attached hydrogen (secondary N) is 1. The van der Waals surface area contributed by atoms with Crippen molar-refractivity contribution >= 4 is 18.0 Å². The van der Waals surface area contributed by atoms with Gasteiger partial charge in [0.1, 0.15) is 0 Å². The highest BCUT2D eigenvalue weighted by atomic mass is 19.4. The standard InChI is InChI=1S/C28H27F6N5O4/c1-4-6-13-39(18(3)41)15-22-20(27(29,30)31)14-21(35-17-40)23(36-22)24-37-38-25(43-24)26(12-5-2,28(32,33)34)42-16-19-10-8-7-9-11-19/h4-5,7-11,14,17H,1-2,6,12-13,15-16H2,3H3,(H,35,40). The van der Waals surface area contributed by atoms with Crippen molar-refractivity contribution in [1.82, 2.24) is 20.1 Å². The number of amides is 2. The lowest BCUT2D eigenvalue weighted by molar-refractivity contribution is -0.295. The van der Waals surface area contributed by atoms with Crippen LogP contribution in [-0.2, 0) is 39.3 Å². The molecule has 2 heterocycles. The topological polar surface area (TPSA) is 110 Å². The molecule has 2 aromatic heterocycles. The highest BCUT2D eigenvalue weighted by Crippen LogP contribution is 2.46. The maximum atomic E-state index is 14.6. The summed E-state index contributed by atoms with van der Waals surface area (Å²) in [5, 5.41) is 9.19. The summed E-state index contributed by atoms with van der Waals surface area (Å²) in [5.74, 6) is -2.37. The zero-order valence-corrected chi connectivity index (χ0v) is 22.8. The lowest BCUT2D eigenvalue weighted by atomic mass is 9.98. The van der Waals surface area contributed by atoms with Gasteiger partial charge < -0.3 is 19.4 Å². The third-order valence-corrected chi connectivity index (χ3v) is 6.20. The summed E-state index contributed by atoms with van der Waals surface area (Å²) in [6.45, 7) is 6.92. The Morgan fingerprint density at radius 1 is 1.09 bits per heavy atom. The Hall–Kier alpha value is -4.53. The first-order chi connectivity index (χ1) is 20.3. The molecule has 0 bridgehead atoms. The fourth-order valence-corrected chi connectivity index (χ4v) is 4.02. The van der Waals surface area contributed by atoms with Crippen molar-refractivity contribution in [2.45, 2.75) is 50.9 Å². The number of aromatic nitrogens is 3. The van der Waals surface area contributed by atoms with Gasteiger partial charge in [0.05, 0.1) is 30.1 Å². The maximum absolute atomic E-state index is 14.6. The van der Waals surface area contributed by atoms with E-state index in [1.165, 1.54) is 6.08 Å². The molecule has 1 atom stereocenters. The largest absolute Gasteiger partial charge is 0.426 e. The van der Waals surface area contributed by atoms with Crippen LogP contribution in [0.2, 0.25) is 0 Å². The summed E-state index contributed by atoms with van der Waals surface area (Å²) in [4.78, 5) is 28.4. The molecule has 3 aromatic rings. The predicted octanol–water partition coefficient (Wildman–Crippen LogP) is 6.19. The van der Waals surface area contributed by atoms with E-state index in [0.717, 1.165) is 17.9 Å². The molecule has 43 heavy (non-hydrogen) atoms. The van der Waals surface area contributed by atoms with Crippen LogP contribution in [0.5, 0.6) is 0 Å². The van der Waals surface area contributed by atoms with Crippen LogP contribution >= 0.6 is 0 Å². The lowest BCUT2D eigenvalue weighted by Crippen LogP contribution is -2.45. The molecule has 1 N–H and O–H groups in total. The minimum Gasteiger partial charge on any atom is -0.416 e. The van der Waals surface area contributed by atoms with E-state index in [1.54, 1.807) is 30.3 Å². The van der Waals surface area contributed by atoms with Crippen molar-refractivity contribution in [3.63, 3.8) is 0 Å². The summed E-state index contributed by atoms with van der Waals surface area (Å²) >= 11 is 0. The van der Waals surface area contributed by atoms with E-state index in [9.17, 15) is 35.9 Å². The molecule has 0 saturated heterocycles. The number of carbonyl (C=O) groups is 2. The Bertz CT molecular complexity index is 1440. The van der Waals surface area contributed by atoms with Gasteiger partial charge in [-0.1, -0.05) is 42.5 Å². The number of benzene rings is 1. The first kappa shape index (κ1) is 33.0. The number of pyridine rings is 1. The first-order valence-corrected chi connectivity index (χ1v) is 12.6. The van der Waals surface area contributed by atoms with Crippen LogP contribution in [0.1, 0.15) is 42.5 Å². The number of nitrogens with zero attached hydrogens (tertiary/aromatic N) is 4. The highest BCUT2D eigenvalue weighted by molar-refractivity contribution is 5.81. The van der Waals surface area contributed by atoms with Gasteiger partial charge in [0, 0.05) is 19.9 Å². The smallest absolute Gasteiger partial charge is 0.416 e. The van der Waals surface area contributed by atoms with Crippen LogP contribution in [0.15, 0.2) is 66.1 Å². The zero-order chi connectivity index (χ0) is 31.8. The summed E-state index contributed by atoms with van der Waals surface area (Å²) in [5.41, 5.74) is -5.89. The Morgan fingerprint density at radius 3 is 2.35 bits per heavy atom. The fourth-order valence-electron chi connectivity index (χ4n) is 4.02. The molecule has 0 aliphatic heterocycles. The average molecular weight is 612 g/mol. The third-order valence-electron chi connectivity index (χ3n) is 6.20. The van der Waals surface area contributed by atoms with E-state index in [1.807, 2.05) is 5.32 Å². The number of alkyl halides is 6. The second kappa shape index (κ2) is 13.6. The van der Waals surface area contributed by atoms with E-state index >= 15 is 0 Å². The second-order valence-corrected chi connectivity index (χ2v) is 9.16. The van der Waals surface area contributed by atoms with Gasteiger partial charge in [-0.2, -0.15) is 26.3 Å². The highest BCUT2D eigenvalue weighted by Gasteiger charge is 2.60.